The Labute approximate surface area is 126 Å². The fourth-order valence-corrected chi connectivity index (χ4v) is 3.46. The van der Waals surface area contributed by atoms with E-state index in [0.717, 1.165) is 36.9 Å². The van der Waals surface area contributed by atoms with E-state index in [1.165, 1.54) is 11.3 Å². The van der Waals surface area contributed by atoms with Gasteiger partial charge in [-0.1, -0.05) is 20.3 Å². The van der Waals surface area contributed by atoms with Gasteiger partial charge in [-0.15, -0.1) is 11.8 Å². The van der Waals surface area contributed by atoms with Gasteiger partial charge in [0, 0.05) is 23.1 Å². The van der Waals surface area contributed by atoms with E-state index in [-0.39, 0.29) is 0 Å². The Morgan fingerprint density at radius 2 is 2.00 bits per heavy atom. The van der Waals surface area contributed by atoms with Crippen LogP contribution in [0.4, 0.5) is 0 Å². The molecule has 1 aromatic rings. The van der Waals surface area contributed by atoms with Crippen molar-refractivity contribution >= 4 is 11.8 Å². The second-order valence-corrected chi connectivity index (χ2v) is 6.34. The van der Waals surface area contributed by atoms with Crippen molar-refractivity contribution in [3.8, 4) is 11.5 Å². The monoisotopic (exact) mass is 295 g/mol. The lowest BCUT2D eigenvalue weighted by Gasteiger charge is -2.22. The van der Waals surface area contributed by atoms with Gasteiger partial charge in [0.1, 0.15) is 0 Å². The molecule has 112 valence electrons. The van der Waals surface area contributed by atoms with Crippen molar-refractivity contribution in [1.82, 2.24) is 5.32 Å². The highest BCUT2D eigenvalue weighted by atomic mass is 32.2. The molecule has 2 unspecified atom stereocenters. The fraction of sp³-hybridized carbons (Fsp3) is 0.625. The third-order valence-electron chi connectivity index (χ3n) is 3.85. The predicted octanol–water partition coefficient (Wildman–Crippen LogP) is 3.57. The Morgan fingerprint density at radius 3 is 2.70 bits per heavy atom. The third-order valence-corrected chi connectivity index (χ3v) is 4.96. The molecular formula is C16H25NO2S. The van der Waals surface area contributed by atoms with Crippen molar-refractivity contribution in [2.75, 3.05) is 26.0 Å². The van der Waals surface area contributed by atoms with E-state index in [0.29, 0.717) is 12.0 Å². The van der Waals surface area contributed by atoms with Crippen molar-refractivity contribution in [3.63, 3.8) is 0 Å². The first-order chi connectivity index (χ1) is 9.74. The summed E-state index contributed by atoms with van der Waals surface area (Å²) in [5.74, 6) is 3.52. The summed E-state index contributed by atoms with van der Waals surface area (Å²) in [4.78, 5) is 1.25. The number of rotatable bonds is 6. The molecule has 2 atom stereocenters. The molecule has 4 heteroatoms. The number of nitrogens with one attached hydrogen (secondary N) is 1. The van der Waals surface area contributed by atoms with Crippen LogP contribution in [0.25, 0.3) is 0 Å². The van der Waals surface area contributed by atoms with Crippen LogP contribution >= 0.6 is 11.8 Å². The summed E-state index contributed by atoms with van der Waals surface area (Å²) < 4.78 is 11.4. The molecular weight excluding hydrogens is 270 g/mol. The van der Waals surface area contributed by atoms with E-state index >= 15 is 0 Å². The number of hydrogen-bond acceptors (Lipinski definition) is 4. The van der Waals surface area contributed by atoms with Gasteiger partial charge in [-0.05, 0) is 31.2 Å². The molecule has 1 aliphatic rings. The number of ether oxygens (including phenoxy) is 2. The standard InChI is InChI=1S/C16H25NO2S/c1-4-12(2)14(17-3)11-20-13-6-7-15-16(10-13)19-9-5-8-18-15/h6-7,10,12,14,17H,4-5,8-9,11H2,1-3H3. The predicted molar refractivity (Wildman–Crippen MR) is 85.1 cm³/mol. The molecule has 3 nitrogen and oxygen atoms in total. The largest absolute Gasteiger partial charge is 0.490 e. The minimum Gasteiger partial charge on any atom is -0.490 e. The van der Waals surface area contributed by atoms with Crippen LogP contribution in [0.1, 0.15) is 26.7 Å². The molecule has 1 aliphatic heterocycles. The summed E-state index contributed by atoms with van der Waals surface area (Å²) in [6.45, 7) is 6.03. The first-order valence-corrected chi connectivity index (χ1v) is 8.42. The first kappa shape index (κ1) is 15.5. The average Bonchev–Trinajstić information content (AvgIpc) is 2.72. The van der Waals surface area contributed by atoms with E-state index in [1.54, 1.807) is 0 Å². The van der Waals surface area contributed by atoms with Crippen molar-refractivity contribution in [1.29, 1.82) is 0 Å². The van der Waals surface area contributed by atoms with Gasteiger partial charge >= 0.3 is 0 Å². The van der Waals surface area contributed by atoms with Crippen LogP contribution < -0.4 is 14.8 Å². The summed E-state index contributed by atoms with van der Waals surface area (Å²) in [6, 6.07) is 6.80. The van der Waals surface area contributed by atoms with Gasteiger partial charge in [-0.2, -0.15) is 0 Å². The second-order valence-electron chi connectivity index (χ2n) is 5.25. The van der Waals surface area contributed by atoms with E-state index < -0.39 is 0 Å². The van der Waals surface area contributed by atoms with Crippen LogP contribution in [0.5, 0.6) is 11.5 Å². The maximum Gasteiger partial charge on any atom is 0.162 e. The molecule has 1 heterocycles. The lowest BCUT2D eigenvalue weighted by Crippen LogP contribution is -2.34. The molecule has 0 aromatic heterocycles. The number of thioether (sulfide) groups is 1. The summed E-state index contributed by atoms with van der Waals surface area (Å²) >= 11 is 1.88. The summed E-state index contributed by atoms with van der Waals surface area (Å²) in [6.07, 6.45) is 2.15. The minimum atomic E-state index is 0.543. The third kappa shape index (κ3) is 4.06. The maximum absolute atomic E-state index is 5.74. The highest BCUT2D eigenvalue weighted by Crippen LogP contribution is 2.34. The molecule has 0 spiro atoms. The van der Waals surface area contributed by atoms with E-state index in [9.17, 15) is 0 Å². The maximum atomic E-state index is 5.74. The van der Waals surface area contributed by atoms with E-state index in [1.807, 2.05) is 24.9 Å². The van der Waals surface area contributed by atoms with Crippen LogP contribution in [0.15, 0.2) is 23.1 Å². The first-order valence-electron chi connectivity index (χ1n) is 7.44. The molecule has 20 heavy (non-hydrogen) atoms. The molecule has 0 radical (unpaired) electrons. The zero-order chi connectivity index (χ0) is 14.4. The van der Waals surface area contributed by atoms with E-state index in [2.05, 4.69) is 31.3 Å². The molecule has 0 bridgehead atoms. The van der Waals surface area contributed by atoms with Gasteiger partial charge in [-0.3, -0.25) is 0 Å². The molecule has 0 aliphatic carbocycles. The van der Waals surface area contributed by atoms with Crippen LogP contribution in [-0.2, 0) is 0 Å². The van der Waals surface area contributed by atoms with Gasteiger partial charge in [-0.25, -0.2) is 0 Å². The number of benzene rings is 1. The molecule has 0 saturated heterocycles. The SMILES string of the molecule is CCC(C)C(CSc1ccc2c(c1)OCCCO2)NC. The van der Waals surface area contributed by atoms with Crippen LogP contribution in [0.2, 0.25) is 0 Å². The lowest BCUT2D eigenvalue weighted by molar-refractivity contribution is 0.297. The van der Waals surface area contributed by atoms with Crippen molar-refractivity contribution in [3.05, 3.63) is 18.2 Å². The molecule has 2 rings (SSSR count). The molecule has 0 fully saturated rings. The topological polar surface area (TPSA) is 30.5 Å². The fourth-order valence-electron chi connectivity index (χ4n) is 2.24. The van der Waals surface area contributed by atoms with Crippen molar-refractivity contribution in [2.45, 2.75) is 37.6 Å². The van der Waals surface area contributed by atoms with Gasteiger partial charge in [0.2, 0.25) is 0 Å². The molecule has 0 saturated carbocycles. The Bertz CT molecular complexity index is 425. The second kappa shape index (κ2) is 7.79. The van der Waals surface area contributed by atoms with Crippen LogP contribution in [0, 0.1) is 5.92 Å². The average molecular weight is 295 g/mol. The number of fused-ring (bicyclic) bond motifs is 1. The number of hydrogen-bond donors (Lipinski definition) is 1. The molecule has 0 amide bonds. The molecule has 1 N–H and O–H groups in total. The zero-order valence-corrected chi connectivity index (χ0v) is 13.5. The summed E-state index contributed by atoms with van der Waals surface area (Å²) in [5, 5.41) is 3.42. The lowest BCUT2D eigenvalue weighted by atomic mass is 10.0. The highest BCUT2D eigenvalue weighted by Gasteiger charge is 2.15. The van der Waals surface area contributed by atoms with Gasteiger partial charge in [0.15, 0.2) is 11.5 Å². The Balaban J connectivity index is 1.98. The normalized spacial score (nSPS) is 17.4. The summed E-state index contributed by atoms with van der Waals surface area (Å²) in [5.41, 5.74) is 0. The van der Waals surface area contributed by atoms with Gasteiger partial charge < -0.3 is 14.8 Å². The smallest absolute Gasteiger partial charge is 0.162 e. The summed E-state index contributed by atoms with van der Waals surface area (Å²) in [7, 11) is 2.05. The van der Waals surface area contributed by atoms with Crippen LogP contribution in [-0.4, -0.2) is 32.1 Å². The van der Waals surface area contributed by atoms with Gasteiger partial charge in [0.25, 0.3) is 0 Å². The van der Waals surface area contributed by atoms with Crippen molar-refractivity contribution in [2.24, 2.45) is 5.92 Å². The minimum absolute atomic E-state index is 0.543. The quantitative estimate of drug-likeness (QED) is 0.813. The van der Waals surface area contributed by atoms with E-state index in [4.69, 9.17) is 9.47 Å². The zero-order valence-electron chi connectivity index (χ0n) is 12.6. The van der Waals surface area contributed by atoms with Gasteiger partial charge in [0.05, 0.1) is 13.2 Å². The Kier molecular flexibility index (Phi) is 6.05. The Hall–Kier alpha value is -0.870. The molecule has 1 aromatic carbocycles. The highest BCUT2D eigenvalue weighted by molar-refractivity contribution is 7.99. The van der Waals surface area contributed by atoms with Crippen LogP contribution in [0.3, 0.4) is 0 Å². The van der Waals surface area contributed by atoms with Crippen molar-refractivity contribution < 1.29 is 9.47 Å². The Morgan fingerprint density at radius 1 is 1.25 bits per heavy atom.